The van der Waals surface area contributed by atoms with Gasteiger partial charge in [-0.15, -0.1) is 0 Å². The van der Waals surface area contributed by atoms with E-state index < -0.39 is 6.04 Å². The van der Waals surface area contributed by atoms with Crippen LogP contribution in [0.3, 0.4) is 0 Å². The predicted octanol–water partition coefficient (Wildman–Crippen LogP) is 2.48. The van der Waals surface area contributed by atoms with Gasteiger partial charge < -0.3 is 4.90 Å². The Morgan fingerprint density at radius 1 is 1.75 bits per heavy atom. The SMILES string of the molecule is CC(C#N)N(C)C(=O)c1cc(Br)cnc1Cl. The van der Waals surface area contributed by atoms with Crippen LogP contribution in [0.15, 0.2) is 16.7 Å². The van der Waals surface area contributed by atoms with Crippen LogP contribution in [0.5, 0.6) is 0 Å². The van der Waals surface area contributed by atoms with Crippen LogP contribution in [0.2, 0.25) is 5.15 Å². The summed E-state index contributed by atoms with van der Waals surface area (Å²) >= 11 is 9.03. The summed E-state index contributed by atoms with van der Waals surface area (Å²) in [6.07, 6.45) is 1.51. The van der Waals surface area contributed by atoms with E-state index in [1.54, 1.807) is 20.0 Å². The molecule has 0 aliphatic carbocycles. The topological polar surface area (TPSA) is 57.0 Å². The van der Waals surface area contributed by atoms with Crippen molar-refractivity contribution in [1.29, 1.82) is 5.26 Å². The molecule has 6 heteroatoms. The van der Waals surface area contributed by atoms with Gasteiger partial charge in [0, 0.05) is 17.7 Å². The van der Waals surface area contributed by atoms with Crippen LogP contribution in [0.1, 0.15) is 17.3 Å². The zero-order chi connectivity index (χ0) is 12.3. The van der Waals surface area contributed by atoms with Crippen LogP contribution in [-0.2, 0) is 0 Å². The lowest BCUT2D eigenvalue weighted by Crippen LogP contribution is -2.34. The number of rotatable bonds is 2. The smallest absolute Gasteiger partial charge is 0.257 e. The molecule has 84 valence electrons. The van der Waals surface area contributed by atoms with Crippen LogP contribution in [-0.4, -0.2) is 28.9 Å². The van der Waals surface area contributed by atoms with E-state index in [1.165, 1.54) is 11.1 Å². The Morgan fingerprint density at radius 2 is 2.38 bits per heavy atom. The van der Waals surface area contributed by atoms with Crippen LogP contribution < -0.4 is 0 Å². The highest BCUT2D eigenvalue weighted by Crippen LogP contribution is 2.19. The number of carbonyl (C=O) groups is 1. The van der Waals surface area contributed by atoms with E-state index >= 15 is 0 Å². The number of amides is 1. The van der Waals surface area contributed by atoms with E-state index in [0.29, 0.717) is 4.47 Å². The molecule has 1 rings (SSSR count). The summed E-state index contributed by atoms with van der Waals surface area (Å²) in [5, 5.41) is 8.85. The molecule has 0 bridgehead atoms. The fraction of sp³-hybridized carbons (Fsp3) is 0.300. The van der Waals surface area contributed by atoms with E-state index in [9.17, 15) is 4.79 Å². The normalized spacial score (nSPS) is 11.7. The second kappa shape index (κ2) is 5.28. The fourth-order valence-electron chi connectivity index (χ4n) is 1.03. The maximum Gasteiger partial charge on any atom is 0.257 e. The molecule has 1 aromatic heterocycles. The zero-order valence-electron chi connectivity index (χ0n) is 8.74. The van der Waals surface area contributed by atoms with Crippen molar-refractivity contribution in [3.8, 4) is 6.07 Å². The van der Waals surface area contributed by atoms with E-state index in [-0.39, 0.29) is 16.6 Å². The van der Waals surface area contributed by atoms with Crippen molar-refractivity contribution in [1.82, 2.24) is 9.88 Å². The van der Waals surface area contributed by atoms with Crippen LogP contribution >= 0.6 is 27.5 Å². The van der Waals surface area contributed by atoms with Gasteiger partial charge in [0.25, 0.3) is 5.91 Å². The number of nitriles is 1. The van der Waals surface area contributed by atoms with Crippen LogP contribution in [0, 0.1) is 11.3 Å². The molecular weight excluding hydrogens is 293 g/mol. The predicted molar refractivity (Wildman–Crippen MR) is 64.1 cm³/mol. The Labute approximate surface area is 107 Å². The molecule has 16 heavy (non-hydrogen) atoms. The van der Waals surface area contributed by atoms with Gasteiger partial charge in [0.15, 0.2) is 0 Å². The maximum absolute atomic E-state index is 11.9. The first-order valence-corrected chi connectivity index (χ1v) is 5.62. The lowest BCUT2D eigenvalue weighted by molar-refractivity contribution is 0.0773. The van der Waals surface area contributed by atoms with Gasteiger partial charge in [0.05, 0.1) is 11.6 Å². The lowest BCUT2D eigenvalue weighted by Gasteiger charge is -2.19. The third-order valence-corrected chi connectivity index (χ3v) is 2.86. The van der Waals surface area contributed by atoms with E-state index in [2.05, 4.69) is 20.9 Å². The molecule has 0 saturated carbocycles. The number of pyridine rings is 1. The molecule has 1 heterocycles. The Morgan fingerprint density at radius 3 is 2.94 bits per heavy atom. The largest absolute Gasteiger partial charge is 0.326 e. The molecule has 1 atom stereocenters. The third kappa shape index (κ3) is 2.71. The average Bonchev–Trinajstić information content (AvgIpc) is 2.29. The summed E-state index contributed by atoms with van der Waals surface area (Å²) in [6.45, 7) is 1.64. The monoisotopic (exact) mass is 301 g/mol. The fourth-order valence-corrected chi connectivity index (χ4v) is 1.54. The number of aromatic nitrogens is 1. The van der Waals surface area contributed by atoms with E-state index in [0.717, 1.165) is 0 Å². The van der Waals surface area contributed by atoms with Gasteiger partial charge in [-0.2, -0.15) is 5.26 Å². The minimum atomic E-state index is -0.512. The van der Waals surface area contributed by atoms with Crippen molar-refractivity contribution < 1.29 is 4.79 Å². The minimum absolute atomic E-state index is 0.130. The molecule has 4 nitrogen and oxygen atoms in total. The first-order valence-electron chi connectivity index (χ1n) is 4.45. The van der Waals surface area contributed by atoms with Gasteiger partial charge in [-0.05, 0) is 28.9 Å². The summed E-state index contributed by atoms with van der Waals surface area (Å²) in [7, 11) is 1.55. The highest BCUT2D eigenvalue weighted by Gasteiger charge is 2.20. The molecule has 0 N–H and O–H groups in total. The second-order valence-corrected chi connectivity index (χ2v) is 4.49. The highest BCUT2D eigenvalue weighted by atomic mass is 79.9. The van der Waals surface area contributed by atoms with E-state index in [4.69, 9.17) is 16.9 Å². The number of nitrogens with zero attached hydrogens (tertiary/aromatic N) is 3. The average molecular weight is 303 g/mol. The van der Waals surface area contributed by atoms with Crippen molar-refractivity contribution in [3.63, 3.8) is 0 Å². The molecule has 0 aliphatic rings. The summed E-state index contributed by atoms with van der Waals surface area (Å²) in [5.41, 5.74) is 0.278. The van der Waals surface area contributed by atoms with Crippen LogP contribution in [0.25, 0.3) is 0 Å². The van der Waals surface area contributed by atoms with Crippen molar-refractivity contribution in [2.24, 2.45) is 0 Å². The molecular formula is C10H9BrClN3O. The van der Waals surface area contributed by atoms with Gasteiger partial charge in [0.2, 0.25) is 0 Å². The number of hydrogen-bond acceptors (Lipinski definition) is 3. The van der Waals surface area contributed by atoms with Crippen molar-refractivity contribution >= 4 is 33.4 Å². The Kier molecular flexibility index (Phi) is 4.27. The minimum Gasteiger partial charge on any atom is -0.326 e. The molecule has 1 aromatic rings. The quantitative estimate of drug-likeness (QED) is 0.789. The van der Waals surface area contributed by atoms with Crippen molar-refractivity contribution in [2.75, 3.05) is 7.05 Å². The van der Waals surface area contributed by atoms with Gasteiger partial charge in [-0.1, -0.05) is 11.6 Å². The molecule has 0 saturated heterocycles. The molecule has 1 unspecified atom stereocenters. The van der Waals surface area contributed by atoms with Crippen LogP contribution in [0.4, 0.5) is 0 Å². The zero-order valence-corrected chi connectivity index (χ0v) is 11.1. The summed E-state index contributed by atoms with van der Waals surface area (Å²) < 4.78 is 0.665. The Bertz CT molecular complexity index is 458. The first kappa shape index (κ1) is 12.9. The molecule has 0 fully saturated rings. The van der Waals surface area contributed by atoms with Gasteiger partial charge in [-0.25, -0.2) is 4.98 Å². The number of carbonyl (C=O) groups excluding carboxylic acids is 1. The van der Waals surface area contributed by atoms with Gasteiger partial charge in [0.1, 0.15) is 11.2 Å². The van der Waals surface area contributed by atoms with Crippen molar-refractivity contribution in [2.45, 2.75) is 13.0 Å². The molecule has 0 radical (unpaired) electrons. The number of hydrogen-bond donors (Lipinski definition) is 0. The highest BCUT2D eigenvalue weighted by molar-refractivity contribution is 9.10. The maximum atomic E-state index is 11.9. The molecule has 0 aromatic carbocycles. The van der Waals surface area contributed by atoms with Crippen molar-refractivity contribution in [3.05, 3.63) is 27.5 Å². The summed E-state index contributed by atoms with van der Waals surface area (Å²) in [5.74, 6) is -0.326. The molecule has 0 spiro atoms. The third-order valence-electron chi connectivity index (χ3n) is 2.12. The number of halogens is 2. The molecule has 1 amide bonds. The lowest BCUT2D eigenvalue weighted by atomic mass is 10.2. The molecule has 0 aliphatic heterocycles. The van der Waals surface area contributed by atoms with Gasteiger partial charge >= 0.3 is 0 Å². The summed E-state index contributed by atoms with van der Waals surface area (Å²) in [6, 6.07) is 3.05. The second-order valence-electron chi connectivity index (χ2n) is 3.21. The standard InChI is InChI=1S/C10H9BrClN3O/c1-6(4-13)15(2)10(16)8-3-7(11)5-14-9(8)12/h3,5-6H,1-2H3. The van der Waals surface area contributed by atoms with E-state index in [1.807, 2.05) is 6.07 Å². The summed E-state index contributed by atoms with van der Waals surface area (Å²) in [4.78, 5) is 17.1. The van der Waals surface area contributed by atoms with Gasteiger partial charge in [-0.3, -0.25) is 4.79 Å². The Hall–Kier alpha value is -1.12. The first-order chi connectivity index (χ1) is 7.47. The Balaban J connectivity index is 3.06.